The number of benzene rings is 1. The fourth-order valence-corrected chi connectivity index (χ4v) is 2.35. The Morgan fingerprint density at radius 1 is 1.48 bits per heavy atom. The van der Waals surface area contributed by atoms with Crippen molar-refractivity contribution in [3.05, 3.63) is 52.0 Å². The van der Waals surface area contributed by atoms with Gasteiger partial charge in [0, 0.05) is 30.0 Å². The average molecular weight is 300 g/mol. The summed E-state index contributed by atoms with van der Waals surface area (Å²) in [5, 5.41) is 10.6. The number of aromatic nitrogens is 1. The number of carbonyl (C=O) groups excluding carboxylic acids is 1. The van der Waals surface area contributed by atoms with E-state index in [1.165, 1.54) is 11.3 Å². The Kier molecular flexibility index (Phi) is 5.50. The molecule has 2 aromatic rings. The van der Waals surface area contributed by atoms with Crippen molar-refractivity contribution in [2.24, 2.45) is 0 Å². The highest BCUT2D eigenvalue weighted by Gasteiger charge is 2.12. The summed E-state index contributed by atoms with van der Waals surface area (Å²) in [7, 11) is 1.76. The molecular weight excluding hydrogens is 284 g/mol. The lowest BCUT2D eigenvalue weighted by molar-refractivity contribution is 0.0783. The van der Waals surface area contributed by atoms with Crippen molar-refractivity contribution in [2.75, 3.05) is 13.7 Å². The molecule has 4 nitrogen and oxygen atoms in total. The fourth-order valence-electron chi connectivity index (χ4n) is 1.80. The van der Waals surface area contributed by atoms with Crippen molar-refractivity contribution in [1.82, 2.24) is 9.88 Å². The zero-order chi connectivity index (χ0) is 15.1. The second-order valence-electron chi connectivity index (χ2n) is 4.50. The first-order chi connectivity index (χ1) is 10.2. The Morgan fingerprint density at radius 3 is 3.05 bits per heavy atom. The minimum atomic E-state index is -0.0613. The lowest BCUT2D eigenvalue weighted by atomic mass is 10.1. The number of amides is 1. The predicted octanol–water partition coefficient (Wildman–Crippen LogP) is 2.15. The molecule has 1 N–H and O–H groups in total. The van der Waals surface area contributed by atoms with Crippen molar-refractivity contribution < 1.29 is 9.90 Å². The molecule has 0 spiro atoms. The largest absolute Gasteiger partial charge is 0.395 e. The van der Waals surface area contributed by atoms with E-state index in [9.17, 15) is 4.79 Å². The van der Waals surface area contributed by atoms with Gasteiger partial charge in [0.25, 0.3) is 5.91 Å². The van der Waals surface area contributed by atoms with Gasteiger partial charge in [-0.2, -0.15) is 0 Å². The molecule has 108 valence electrons. The van der Waals surface area contributed by atoms with E-state index in [1.807, 2.05) is 17.5 Å². The Bertz CT molecular complexity index is 656. The molecule has 1 aromatic carbocycles. The van der Waals surface area contributed by atoms with Crippen molar-refractivity contribution in [1.29, 1.82) is 0 Å². The van der Waals surface area contributed by atoms with Crippen molar-refractivity contribution in [3.8, 4) is 11.8 Å². The molecule has 1 amide bonds. The minimum absolute atomic E-state index is 0.0437. The van der Waals surface area contributed by atoms with Crippen LogP contribution in [-0.4, -0.2) is 34.6 Å². The number of aliphatic hydroxyl groups excluding tert-OH is 1. The summed E-state index contributed by atoms with van der Waals surface area (Å²) >= 11 is 1.51. The van der Waals surface area contributed by atoms with Crippen LogP contribution in [0, 0.1) is 11.8 Å². The molecule has 2 rings (SSSR count). The highest BCUT2D eigenvalue weighted by Crippen LogP contribution is 2.10. The van der Waals surface area contributed by atoms with Crippen LogP contribution in [0.5, 0.6) is 0 Å². The molecule has 1 heterocycles. The maximum atomic E-state index is 12.4. The zero-order valence-electron chi connectivity index (χ0n) is 11.7. The molecule has 0 saturated heterocycles. The van der Waals surface area contributed by atoms with Crippen LogP contribution < -0.4 is 0 Å². The maximum absolute atomic E-state index is 12.4. The summed E-state index contributed by atoms with van der Waals surface area (Å²) in [6.45, 7) is 0.532. The third-order valence-corrected chi connectivity index (χ3v) is 3.44. The smallest absolute Gasteiger partial charge is 0.253 e. The van der Waals surface area contributed by atoms with E-state index in [0.717, 1.165) is 11.3 Å². The number of nitrogens with zero attached hydrogens (tertiary/aromatic N) is 2. The van der Waals surface area contributed by atoms with E-state index in [-0.39, 0.29) is 12.5 Å². The van der Waals surface area contributed by atoms with Gasteiger partial charge >= 0.3 is 0 Å². The van der Waals surface area contributed by atoms with Crippen LogP contribution in [0.2, 0.25) is 0 Å². The molecule has 0 aliphatic heterocycles. The Hall–Kier alpha value is -2.16. The van der Waals surface area contributed by atoms with Crippen LogP contribution >= 0.6 is 11.3 Å². The number of hydrogen-bond donors (Lipinski definition) is 1. The third-order valence-electron chi connectivity index (χ3n) is 2.81. The van der Waals surface area contributed by atoms with E-state index in [2.05, 4.69) is 16.8 Å². The van der Waals surface area contributed by atoms with Crippen LogP contribution in [-0.2, 0) is 6.54 Å². The van der Waals surface area contributed by atoms with E-state index in [1.54, 1.807) is 29.6 Å². The van der Waals surface area contributed by atoms with E-state index in [0.29, 0.717) is 18.5 Å². The van der Waals surface area contributed by atoms with Crippen molar-refractivity contribution in [3.63, 3.8) is 0 Å². The van der Waals surface area contributed by atoms with Crippen LogP contribution in [0.4, 0.5) is 0 Å². The van der Waals surface area contributed by atoms with E-state index in [4.69, 9.17) is 5.11 Å². The molecule has 0 aliphatic rings. The van der Waals surface area contributed by atoms with Gasteiger partial charge in [0.15, 0.2) is 0 Å². The topological polar surface area (TPSA) is 53.4 Å². The summed E-state index contributed by atoms with van der Waals surface area (Å²) in [5.41, 5.74) is 4.01. The van der Waals surface area contributed by atoms with Gasteiger partial charge in [-0.15, -0.1) is 11.3 Å². The summed E-state index contributed by atoms with van der Waals surface area (Å²) < 4.78 is 0. The second kappa shape index (κ2) is 7.58. The average Bonchev–Trinajstić information content (AvgIpc) is 3.00. The lowest BCUT2D eigenvalue weighted by Gasteiger charge is -2.16. The molecule has 0 atom stereocenters. The van der Waals surface area contributed by atoms with Crippen LogP contribution in [0.1, 0.15) is 28.0 Å². The van der Waals surface area contributed by atoms with Crippen LogP contribution in [0.3, 0.4) is 0 Å². The molecule has 0 radical (unpaired) electrons. The highest BCUT2D eigenvalue weighted by atomic mass is 32.1. The van der Waals surface area contributed by atoms with Crippen LogP contribution in [0.15, 0.2) is 35.2 Å². The van der Waals surface area contributed by atoms with Gasteiger partial charge in [0.05, 0.1) is 24.4 Å². The standard InChI is InChI=1S/C16H16N2O2S/c1-18(10-15-11-21-12-17-15)16(20)14-7-4-6-13(9-14)5-2-3-8-19/h4,6-7,9,11-12,19H,3,8,10H2,1H3. The second-order valence-corrected chi connectivity index (χ2v) is 5.22. The first kappa shape index (κ1) is 15.2. The molecule has 1 aromatic heterocycles. The van der Waals surface area contributed by atoms with Gasteiger partial charge < -0.3 is 10.0 Å². The van der Waals surface area contributed by atoms with Gasteiger partial charge in [-0.05, 0) is 18.2 Å². The molecular formula is C16H16N2O2S. The van der Waals surface area contributed by atoms with Gasteiger partial charge in [-0.1, -0.05) is 17.9 Å². The summed E-state index contributed by atoms with van der Waals surface area (Å²) in [6.07, 6.45) is 0.432. The molecule has 0 aliphatic carbocycles. The molecule has 0 saturated carbocycles. The highest BCUT2D eigenvalue weighted by molar-refractivity contribution is 7.07. The quantitative estimate of drug-likeness (QED) is 0.880. The SMILES string of the molecule is CN(Cc1cscn1)C(=O)c1cccc(C#CCCO)c1. The van der Waals surface area contributed by atoms with E-state index >= 15 is 0 Å². The van der Waals surface area contributed by atoms with Gasteiger partial charge in [0.1, 0.15) is 0 Å². The van der Waals surface area contributed by atoms with Crippen LogP contribution in [0.25, 0.3) is 0 Å². The van der Waals surface area contributed by atoms with E-state index < -0.39 is 0 Å². The first-order valence-electron chi connectivity index (χ1n) is 6.53. The van der Waals surface area contributed by atoms with Crippen molar-refractivity contribution >= 4 is 17.2 Å². The zero-order valence-corrected chi connectivity index (χ0v) is 12.6. The molecule has 21 heavy (non-hydrogen) atoms. The fraction of sp³-hybridized carbons (Fsp3) is 0.250. The maximum Gasteiger partial charge on any atom is 0.253 e. The number of thiazole rings is 1. The number of hydrogen-bond acceptors (Lipinski definition) is 4. The Labute approximate surface area is 128 Å². The predicted molar refractivity (Wildman–Crippen MR) is 82.9 cm³/mol. The van der Waals surface area contributed by atoms with Gasteiger partial charge in [0.2, 0.25) is 0 Å². The summed E-state index contributed by atoms with van der Waals surface area (Å²) in [5.74, 6) is 5.72. The lowest BCUT2D eigenvalue weighted by Crippen LogP contribution is -2.26. The van der Waals surface area contributed by atoms with Gasteiger partial charge in [-0.3, -0.25) is 4.79 Å². The number of aliphatic hydroxyl groups is 1. The van der Waals surface area contributed by atoms with Crippen molar-refractivity contribution in [2.45, 2.75) is 13.0 Å². The Morgan fingerprint density at radius 2 is 2.33 bits per heavy atom. The summed E-state index contributed by atoms with van der Waals surface area (Å²) in [6, 6.07) is 7.20. The minimum Gasteiger partial charge on any atom is -0.395 e. The number of carbonyl (C=O) groups is 1. The third kappa shape index (κ3) is 4.42. The van der Waals surface area contributed by atoms with Gasteiger partial charge in [-0.25, -0.2) is 4.98 Å². The molecule has 5 heteroatoms. The molecule has 0 fully saturated rings. The monoisotopic (exact) mass is 300 g/mol. The molecule has 0 bridgehead atoms. The summed E-state index contributed by atoms with van der Waals surface area (Å²) in [4.78, 5) is 18.2. The molecule has 0 unspecified atom stereocenters. The normalized spacial score (nSPS) is 9.81. The number of rotatable bonds is 4. The first-order valence-corrected chi connectivity index (χ1v) is 7.47. The Balaban J connectivity index is 2.08.